The molecule has 4 aromatic rings. The Labute approximate surface area is 167 Å². The van der Waals surface area contributed by atoms with Gasteiger partial charge in [0.2, 0.25) is 5.95 Å². The Kier molecular flexibility index (Phi) is 5.11. The first-order chi connectivity index (χ1) is 14.5. The molecule has 9 nitrogen and oxygen atoms in total. The number of imidazole rings is 1. The van der Waals surface area contributed by atoms with E-state index in [1.165, 1.54) is 7.11 Å². The zero-order chi connectivity index (χ0) is 21.3. The number of fused-ring (bicyclic) bond motifs is 2. The summed E-state index contributed by atoms with van der Waals surface area (Å²) >= 11 is 0. The minimum atomic E-state index is -0.851. The topological polar surface area (TPSA) is 122 Å². The van der Waals surface area contributed by atoms with E-state index in [1.807, 2.05) is 0 Å². The number of anilines is 1. The summed E-state index contributed by atoms with van der Waals surface area (Å²) in [5.74, 6) is -1.49. The molecule has 0 bridgehead atoms. The SMILES string of the molecule is COCCOC(=O)Nc1nc2cc(-c3n[nH]c(=O)c4c(F)ccc(F)c34)ccc2[nH]1. The van der Waals surface area contributed by atoms with E-state index < -0.39 is 28.7 Å². The van der Waals surface area contributed by atoms with E-state index in [2.05, 4.69) is 25.5 Å². The van der Waals surface area contributed by atoms with Crippen molar-refractivity contribution in [1.82, 2.24) is 20.2 Å². The van der Waals surface area contributed by atoms with Crippen LogP contribution in [-0.2, 0) is 9.47 Å². The van der Waals surface area contributed by atoms with Crippen LogP contribution in [0.2, 0.25) is 0 Å². The van der Waals surface area contributed by atoms with Crippen molar-refractivity contribution < 1.29 is 23.0 Å². The first kappa shape index (κ1) is 19.5. The van der Waals surface area contributed by atoms with Gasteiger partial charge in [-0.05, 0) is 24.3 Å². The lowest BCUT2D eigenvalue weighted by atomic mass is 10.0. The third-order valence-corrected chi connectivity index (χ3v) is 4.33. The van der Waals surface area contributed by atoms with Crippen molar-refractivity contribution in [2.24, 2.45) is 0 Å². The highest BCUT2D eigenvalue weighted by Gasteiger charge is 2.17. The van der Waals surface area contributed by atoms with Gasteiger partial charge in [-0.25, -0.2) is 23.7 Å². The van der Waals surface area contributed by atoms with Gasteiger partial charge in [-0.2, -0.15) is 5.10 Å². The van der Waals surface area contributed by atoms with E-state index in [4.69, 9.17) is 9.47 Å². The van der Waals surface area contributed by atoms with Crippen LogP contribution in [0.25, 0.3) is 33.1 Å². The van der Waals surface area contributed by atoms with Gasteiger partial charge in [0, 0.05) is 12.7 Å². The third kappa shape index (κ3) is 3.57. The number of benzene rings is 2. The summed E-state index contributed by atoms with van der Waals surface area (Å²) < 4.78 is 38.2. The molecule has 0 saturated heterocycles. The highest BCUT2D eigenvalue weighted by Crippen LogP contribution is 2.30. The highest BCUT2D eigenvalue weighted by atomic mass is 19.1. The molecule has 1 amide bonds. The number of carbonyl (C=O) groups is 1. The lowest BCUT2D eigenvalue weighted by molar-refractivity contribution is 0.107. The zero-order valence-corrected chi connectivity index (χ0v) is 15.6. The first-order valence-electron chi connectivity index (χ1n) is 8.77. The van der Waals surface area contributed by atoms with Gasteiger partial charge in [0.05, 0.1) is 28.4 Å². The van der Waals surface area contributed by atoms with Gasteiger partial charge in [0.15, 0.2) is 0 Å². The molecule has 0 fully saturated rings. The summed E-state index contributed by atoms with van der Waals surface area (Å²) in [5.41, 5.74) is 0.628. The Balaban J connectivity index is 1.71. The summed E-state index contributed by atoms with van der Waals surface area (Å²) in [6.07, 6.45) is -0.711. The zero-order valence-electron chi connectivity index (χ0n) is 15.6. The van der Waals surface area contributed by atoms with Gasteiger partial charge < -0.3 is 14.5 Å². The summed E-state index contributed by atoms with van der Waals surface area (Å²) in [6.45, 7) is 0.341. The van der Waals surface area contributed by atoms with Gasteiger partial charge in [-0.1, -0.05) is 6.07 Å². The summed E-state index contributed by atoms with van der Waals surface area (Å²) in [5, 5.41) is 7.89. The fraction of sp³-hybridized carbons (Fsp3) is 0.158. The smallest absolute Gasteiger partial charge is 0.414 e. The number of hydrogen-bond donors (Lipinski definition) is 3. The number of nitrogens with zero attached hydrogens (tertiary/aromatic N) is 2. The lowest BCUT2D eigenvalue weighted by Crippen LogP contribution is -2.17. The Morgan fingerprint density at radius 1 is 1.13 bits per heavy atom. The molecule has 4 rings (SSSR count). The molecule has 3 N–H and O–H groups in total. The van der Waals surface area contributed by atoms with Gasteiger partial charge in [-0.3, -0.25) is 10.1 Å². The molecule has 0 saturated carbocycles. The summed E-state index contributed by atoms with van der Waals surface area (Å²) in [4.78, 5) is 30.8. The van der Waals surface area contributed by atoms with Gasteiger partial charge in [-0.15, -0.1) is 0 Å². The lowest BCUT2D eigenvalue weighted by Gasteiger charge is -2.07. The predicted octanol–water partition coefficient (Wildman–Crippen LogP) is 2.94. The Bertz CT molecular complexity index is 1320. The number of aromatic amines is 2. The van der Waals surface area contributed by atoms with E-state index in [0.717, 1.165) is 12.1 Å². The molecular weight excluding hydrogens is 400 g/mol. The molecule has 0 aliphatic heterocycles. The number of halogens is 2. The number of rotatable bonds is 5. The Morgan fingerprint density at radius 3 is 2.67 bits per heavy atom. The van der Waals surface area contributed by atoms with Crippen LogP contribution in [-0.4, -0.2) is 46.6 Å². The highest BCUT2D eigenvalue weighted by molar-refractivity contribution is 5.96. The van der Waals surface area contributed by atoms with Crippen LogP contribution >= 0.6 is 0 Å². The van der Waals surface area contributed by atoms with Crippen LogP contribution in [0.3, 0.4) is 0 Å². The normalized spacial score (nSPS) is 11.2. The molecule has 0 radical (unpaired) electrons. The van der Waals surface area contributed by atoms with Crippen LogP contribution in [0.5, 0.6) is 0 Å². The second-order valence-corrected chi connectivity index (χ2v) is 6.25. The van der Waals surface area contributed by atoms with E-state index in [0.29, 0.717) is 16.6 Å². The number of aromatic nitrogens is 4. The second-order valence-electron chi connectivity index (χ2n) is 6.25. The van der Waals surface area contributed by atoms with Crippen LogP contribution in [0.15, 0.2) is 35.1 Å². The van der Waals surface area contributed by atoms with E-state index in [-0.39, 0.29) is 30.2 Å². The van der Waals surface area contributed by atoms with Crippen molar-refractivity contribution in [2.45, 2.75) is 0 Å². The van der Waals surface area contributed by atoms with Crippen LogP contribution in [0.1, 0.15) is 0 Å². The summed E-state index contributed by atoms with van der Waals surface area (Å²) in [6, 6.07) is 6.63. The molecule has 2 aromatic heterocycles. The fourth-order valence-corrected chi connectivity index (χ4v) is 3.00. The predicted molar refractivity (Wildman–Crippen MR) is 104 cm³/mol. The Hall–Kier alpha value is -3.86. The van der Waals surface area contributed by atoms with Crippen molar-refractivity contribution in [2.75, 3.05) is 25.6 Å². The molecule has 0 unspecified atom stereocenters. The molecule has 2 heterocycles. The van der Waals surface area contributed by atoms with Crippen molar-refractivity contribution in [3.8, 4) is 11.3 Å². The number of nitrogens with one attached hydrogen (secondary N) is 3. The number of hydrogen-bond acceptors (Lipinski definition) is 6. The average Bonchev–Trinajstić information content (AvgIpc) is 3.12. The third-order valence-electron chi connectivity index (χ3n) is 4.33. The number of H-pyrrole nitrogens is 2. The van der Waals surface area contributed by atoms with Crippen molar-refractivity contribution in [3.05, 3.63) is 52.3 Å². The first-order valence-corrected chi connectivity index (χ1v) is 8.77. The largest absolute Gasteiger partial charge is 0.447 e. The second kappa shape index (κ2) is 7.87. The van der Waals surface area contributed by atoms with Crippen LogP contribution in [0.4, 0.5) is 19.5 Å². The molecule has 0 spiro atoms. The molecule has 11 heteroatoms. The van der Waals surface area contributed by atoms with Gasteiger partial charge in [0.25, 0.3) is 5.56 Å². The summed E-state index contributed by atoms with van der Waals surface area (Å²) in [7, 11) is 1.48. The van der Waals surface area contributed by atoms with Crippen molar-refractivity contribution >= 4 is 33.8 Å². The molecular formula is C19H15F2N5O4. The minimum Gasteiger partial charge on any atom is -0.447 e. The van der Waals surface area contributed by atoms with Crippen LogP contribution in [0, 0.1) is 11.6 Å². The average molecular weight is 415 g/mol. The molecule has 0 aliphatic rings. The monoisotopic (exact) mass is 415 g/mol. The molecule has 30 heavy (non-hydrogen) atoms. The van der Waals surface area contributed by atoms with Gasteiger partial charge in [0.1, 0.15) is 23.9 Å². The number of amides is 1. The fourth-order valence-electron chi connectivity index (χ4n) is 3.00. The van der Waals surface area contributed by atoms with E-state index in [1.54, 1.807) is 18.2 Å². The molecule has 2 aromatic carbocycles. The quantitative estimate of drug-likeness (QED) is 0.431. The van der Waals surface area contributed by atoms with Crippen molar-refractivity contribution in [3.63, 3.8) is 0 Å². The molecule has 0 aliphatic carbocycles. The number of ether oxygens (including phenoxy) is 2. The molecule has 0 atom stereocenters. The standard InChI is InChI=1S/C19H15F2N5O4/c1-29-6-7-30-19(28)24-18-22-12-5-2-9(8-13(12)23-18)16-14-10(20)3-4-11(21)15(14)17(27)26-25-16/h2-5,8H,6-7H2,1H3,(H,26,27)(H2,22,23,24,28). The molecule has 154 valence electrons. The van der Waals surface area contributed by atoms with E-state index >= 15 is 0 Å². The number of methoxy groups -OCH3 is 1. The Morgan fingerprint density at radius 2 is 1.90 bits per heavy atom. The van der Waals surface area contributed by atoms with Crippen LogP contribution < -0.4 is 10.9 Å². The van der Waals surface area contributed by atoms with E-state index in [9.17, 15) is 18.4 Å². The number of carbonyl (C=O) groups excluding carboxylic acids is 1. The van der Waals surface area contributed by atoms with Crippen molar-refractivity contribution in [1.29, 1.82) is 0 Å². The van der Waals surface area contributed by atoms with Gasteiger partial charge >= 0.3 is 6.09 Å². The minimum absolute atomic E-state index is 0.0555. The maximum Gasteiger partial charge on any atom is 0.414 e. The maximum atomic E-state index is 14.4. The maximum absolute atomic E-state index is 14.4.